The molecule has 0 nitrogen and oxygen atoms in total. The molecule has 0 aromatic heterocycles. The Kier molecular flexibility index (Phi) is 2.67. The molecule has 1 saturated carbocycles. The molecule has 0 amide bonds. The summed E-state index contributed by atoms with van der Waals surface area (Å²) in [4.78, 5) is 0. The van der Waals surface area contributed by atoms with Gasteiger partial charge >= 0.3 is 0 Å². The Labute approximate surface area is 71.7 Å². The summed E-state index contributed by atoms with van der Waals surface area (Å²) < 4.78 is 2.38. The minimum atomic E-state index is 1.01. The van der Waals surface area contributed by atoms with E-state index in [2.05, 4.69) is 45.2 Å². The summed E-state index contributed by atoms with van der Waals surface area (Å²) in [6.45, 7) is 0. The van der Waals surface area contributed by atoms with Gasteiger partial charge in [-0.15, -0.1) is 0 Å². The zero-order chi connectivity index (χ0) is 5.28. The fourth-order valence-corrected chi connectivity index (χ4v) is 3.70. The third-order valence-electron chi connectivity index (χ3n) is 1.52. The zero-order valence-corrected chi connectivity index (χ0v) is 8.35. The molecule has 2 atom stereocenters. The van der Waals surface area contributed by atoms with Crippen molar-refractivity contribution >= 4 is 45.2 Å². The quantitative estimate of drug-likeness (QED) is 0.514. The maximum Gasteiger partial charge on any atom is 0.0145 e. The molecule has 0 bridgehead atoms. The molecule has 0 heterocycles. The second kappa shape index (κ2) is 2.85. The van der Waals surface area contributed by atoms with Crippen LogP contribution in [0.1, 0.15) is 12.8 Å². The van der Waals surface area contributed by atoms with Gasteiger partial charge in [-0.2, -0.15) is 0 Å². The summed E-state index contributed by atoms with van der Waals surface area (Å²) in [6, 6.07) is 0. The Balaban J connectivity index is 2.16. The van der Waals surface area contributed by atoms with E-state index < -0.39 is 0 Å². The van der Waals surface area contributed by atoms with E-state index in [1.165, 1.54) is 17.3 Å². The first-order valence-electron chi connectivity index (χ1n) is 2.54. The lowest BCUT2D eigenvalue weighted by Crippen LogP contribution is -2.26. The molecule has 0 saturated heterocycles. The molecule has 0 radical (unpaired) electrons. The molecule has 1 aliphatic carbocycles. The third kappa shape index (κ3) is 1.43. The fourth-order valence-electron chi connectivity index (χ4n) is 0.702. The van der Waals surface area contributed by atoms with Gasteiger partial charge in [-0.3, -0.25) is 0 Å². The van der Waals surface area contributed by atoms with E-state index in [-0.39, 0.29) is 0 Å². The highest BCUT2D eigenvalue weighted by atomic mass is 127. The first-order valence-corrected chi connectivity index (χ1v) is 5.31. The van der Waals surface area contributed by atoms with Crippen molar-refractivity contribution in [3.63, 3.8) is 0 Å². The van der Waals surface area contributed by atoms with Crippen molar-refractivity contribution in [2.45, 2.75) is 16.8 Å². The Hall–Kier alpha value is 1.46. The molecule has 1 unspecified atom stereocenters. The Bertz CT molecular complexity index is 61.1. The second-order valence-electron chi connectivity index (χ2n) is 2.01. The van der Waals surface area contributed by atoms with Gasteiger partial charge in [0.15, 0.2) is 0 Å². The van der Waals surface area contributed by atoms with Crippen molar-refractivity contribution in [3.8, 4) is 0 Å². The minimum Gasteiger partial charge on any atom is -0.0860 e. The van der Waals surface area contributed by atoms with Gasteiger partial charge in [-0.25, -0.2) is 0 Å². The van der Waals surface area contributed by atoms with Crippen LogP contribution in [0.5, 0.6) is 0 Å². The Morgan fingerprint density at radius 3 is 2.14 bits per heavy atom. The van der Waals surface area contributed by atoms with Gasteiger partial charge in [0.2, 0.25) is 0 Å². The summed E-state index contributed by atoms with van der Waals surface area (Å²) >= 11 is 5.03. The van der Waals surface area contributed by atoms with Gasteiger partial charge in [0.1, 0.15) is 0 Å². The van der Waals surface area contributed by atoms with E-state index in [4.69, 9.17) is 0 Å². The summed E-state index contributed by atoms with van der Waals surface area (Å²) in [5, 5.41) is 0. The number of hydrogen-bond donors (Lipinski definition) is 0. The molecule has 1 aliphatic rings. The summed E-state index contributed by atoms with van der Waals surface area (Å²) in [7, 11) is 0. The van der Waals surface area contributed by atoms with E-state index in [0.717, 1.165) is 9.84 Å². The number of halogens is 2. The standard InChI is InChI=1S/C5H8I2/c6-3-4-1-2-5(4)7/h4-5H,1-3H2/t4?,5-/m1/s1. The molecule has 1 fully saturated rings. The molecule has 0 aromatic carbocycles. The highest BCUT2D eigenvalue weighted by Gasteiger charge is 2.26. The lowest BCUT2D eigenvalue weighted by atomic mass is 9.87. The minimum absolute atomic E-state index is 1.01. The zero-order valence-electron chi connectivity index (χ0n) is 4.03. The van der Waals surface area contributed by atoms with Crippen LogP contribution in [0.25, 0.3) is 0 Å². The van der Waals surface area contributed by atoms with Crippen molar-refractivity contribution in [1.82, 2.24) is 0 Å². The van der Waals surface area contributed by atoms with Gasteiger partial charge in [-0.1, -0.05) is 45.2 Å². The Morgan fingerprint density at radius 2 is 2.14 bits per heavy atom. The van der Waals surface area contributed by atoms with Crippen LogP contribution in [0.4, 0.5) is 0 Å². The largest absolute Gasteiger partial charge is 0.0860 e. The number of hydrogen-bond acceptors (Lipinski definition) is 0. The molecular formula is C5H8I2. The lowest BCUT2D eigenvalue weighted by Gasteiger charge is -2.30. The van der Waals surface area contributed by atoms with Crippen molar-refractivity contribution in [3.05, 3.63) is 0 Å². The van der Waals surface area contributed by atoms with Crippen LogP contribution in [-0.4, -0.2) is 8.35 Å². The normalized spacial score (nSPS) is 40.3. The van der Waals surface area contributed by atoms with Crippen LogP contribution in [0.2, 0.25) is 0 Å². The predicted molar refractivity (Wildman–Crippen MR) is 49.4 cm³/mol. The van der Waals surface area contributed by atoms with Crippen LogP contribution >= 0.6 is 45.2 Å². The SMILES string of the molecule is ICC1CC[C@H]1I. The van der Waals surface area contributed by atoms with Crippen molar-refractivity contribution in [1.29, 1.82) is 0 Å². The fraction of sp³-hybridized carbons (Fsp3) is 1.00. The van der Waals surface area contributed by atoms with E-state index >= 15 is 0 Å². The Morgan fingerprint density at radius 1 is 1.43 bits per heavy atom. The predicted octanol–water partition coefficient (Wildman–Crippen LogP) is 2.64. The maximum atomic E-state index is 2.55. The first kappa shape index (κ1) is 6.58. The van der Waals surface area contributed by atoms with Crippen LogP contribution < -0.4 is 0 Å². The van der Waals surface area contributed by atoms with Crippen LogP contribution in [0.3, 0.4) is 0 Å². The van der Waals surface area contributed by atoms with Crippen molar-refractivity contribution < 1.29 is 0 Å². The molecule has 2 heteroatoms. The molecular weight excluding hydrogens is 314 g/mol. The van der Waals surface area contributed by atoms with Crippen LogP contribution in [0.15, 0.2) is 0 Å². The maximum absolute atomic E-state index is 2.55. The first-order chi connectivity index (χ1) is 3.34. The highest BCUT2D eigenvalue weighted by molar-refractivity contribution is 14.1. The van der Waals surface area contributed by atoms with Gasteiger partial charge < -0.3 is 0 Å². The summed E-state index contributed by atoms with van der Waals surface area (Å²) in [5.74, 6) is 1.06. The number of alkyl halides is 2. The van der Waals surface area contributed by atoms with E-state index in [9.17, 15) is 0 Å². The molecule has 1 rings (SSSR count). The van der Waals surface area contributed by atoms with E-state index in [0.29, 0.717) is 0 Å². The van der Waals surface area contributed by atoms with Crippen molar-refractivity contribution in [2.75, 3.05) is 4.43 Å². The van der Waals surface area contributed by atoms with Crippen LogP contribution in [-0.2, 0) is 0 Å². The van der Waals surface area contributed by atoms with Crippen molar-refractivity contribution in [2.24, 2.45) is 5.92 Å². The van der Waals surface area contributed by atoms with E-state index in [1.807, 2.05) is 0 Å². The third-order valence-corrected chi connectivity index (χ3v) is 4.29. The highest BCUT2D eigenvalue weighted by Crippen LogP contribution is 2.35. The smallest absolute Gasteiger partial charge is 0.0145 e. The molecule has 0 N–H and O–H groups in total. The average Bonchev–Trinajstić information content (AvgIpc) is 1.65. The topological polar surface area (TPSA) is 0 Å². The summed E-state index contributed by atoms with van der Waals surface area (Å²) in [5.41, 5.74) is 0. The van der Waals surface area contributed by atoms with Gasteiger partial charge in [0, 0.05) is 8.35 Å². The lowest BCUT2D eigenvalue weighted by molar-refractivity contribution is 0.389. The summed E-state index contributed by atoms with van der Waals surface area (Å²) in [6.07, 6.45) is 2.95. The van der Waals surface area contributed by atoms with Gasteiger partial charge in [-0.05, 0) is 18.8 Å². The molecule has 42 valence electrons. The monoisotopic (exact) mass is 322 g/mol. The molecule has 0 spiro atoms. The molecule has 0 aliphatic heterocycles. The number of rotatable bonds is 1. The average molecular weight is 322 g/mol. The van der Waals surface area contributed by atoms with Gasteiger partial charge in [0.05, 0.1) is 0 Å². The molecule has 0 aromatic rings. The van der Waals surface area contributed by atoms with Crippen LogP contribution in [0, 0.1) is 5.92 Å². The van der Waals surface area contributed by atoms with Gasteiger partial charge in [0.25, 0.3) is 0 Å². The molecule has 7 heavy (non-hydrogen) atoms. The second-order valence-corrected chi connectivity index (χ2v) is 4.49. The van der Waals surface area contributed by atoms with E-state index in [1.54, 1.807) is 0 Å².